The molecule has 1 aromatic heterocycles. The molecular weight excluding hydrogens is 294 g/mol. The van der Waals surface area contributed by atoms with E-state index in [1.54, 1.807) is 19.1 Å². The predicted octanol–water partition coefficient (Wildman–Crippen LogP) is 4.03. The van der Waals surface area contributed by atoms with Crippen LogP contribution in [0.5, 0.6) is 0 Å². The predicted molar refractivity (Wildman–Crippen MR) is 83.4 cm³/mol. The largest absolute Gasteiger partial charge is 0.389 e. The fraction of sp³-hybridized carbons (Fsp3) is 0.267. The second-order valence-corrected chi connectivity index (χ2v) is 6.32. The second-order valence-electron chi connectivity index (χ2n) is 4.52. The first kappa shape index (κ1) is 15.0. The van der Waals surface area contributed by atoms with E-state index in [9.17, 15) is 9.90 Å². The maximum absolute atomic E-state index is 11.9. The Balaban J connectivity index is 1.94. The first-order chi connectivity index (χ1) is 9.56. The zero-order valence-corrected chi connectivity index (χ0v) is 12.7. The summed E-state index contributed by atoms with van der Waals surface area (Å²) in [7, 11) is 0. The molecule has 2 N–H and O–H groups in total. The molecule has 1 amide bonds. The molecule has 0 aliphatic heterocycles. The lowest BCUT2D eigenvalue weighted by Crippen LogP contribution is -2.14. The van der Waals surface area contributed by atoms with Gasteiger partial charge in [0, 0.05) is 22.5 Å². The molecule has 0 bridgehead atoms. The molecule has 0 saturated carbocycles. The van der Waals surface area contributed by atoms with Crippen LogP contribution in [-0.4, -0.2) is 11.0 Å². The number of halogens is 1. The van der Waals surface area contributed by atoms with Crippen LogP contribution in [0, 0.1) is 0 Å². The van der Waals surface area contributed by atoms with Crippen molar-refractivity contribution in [2.24, 2.45) is 0 Å². The summed E-state index contributed by atoms with van der Waals surface area (Å²) in [6.45, 7) is 1.68. The number of carbonyl (C=O) groups is 1. The summed E-state index contributed by atoms with van der Waals surface area (Å²) < 4.78 is 0.736. The van der Waals surface area contributed by atoms with Crippen LogP contribution in [0.4, 0.5) is 5.69 Å². The van der Waals surface area contributed by atoms with Crippen LogP contribution in [0.3, 0.4) is 0 Å². The quantitative estimate of drug-likeness (QED) is 0.876. The van der Waals surface area contributed by atoms with Crippen molar-refractivity contribution in [2.75, 3.05) is 5.32 Å². The number of aliphatic hydroxyl groups excluding tert-OH is 1. The van der Waals surface area contributed by atoms with Gasteiger partial charge in [0.05, 0.1) is 10.4 Å². The lowest BCUT2D eigenvalue weighted by Gasteiger charge is -2.12. The highest BCUT2D eigenvalue weighted by atomic mass is 35.5. The topological polar surface area (TPSA) is 49.3 Å². The number of aliphatic hydroxyl groups is 1. The number of rotatable bonds is 5. The average molecular weight is 310 g/mol. The highest BCUT2D eigenvalue weighted by Crippen LogP contribution is 2.24. The summed E-state index contributed by atoms with van der Waals surface area (Å²) in [6, 6.07) is 11.0. The van der Waals surface area contributed by atoms with Crippen LogP contribution >= 0.6 is 22.9 Å². The van der Waals surface area contributed by atoms with Crippen LogP contribution in [0.1, 0.15) is 29.9 Å². The summed E-state index contributed by atoms with van der Waals surface area (Å²) in [5.74, 6) is -0.0670. The SMILES string of the molecule is CC(O)c1ccccc1NC(=O)CCc1ccc(Cl)s1. The van der Waals surface area contributed by atoms with E-state index in [1.165, 1.54) is 11.3 Å². The third-order valence-electron chi connectivity index (χ3n) is 2.91. The summed E-state index contributed by atoms with van der Waals surface area (Å²) in [5.41, 5.74) is 1.39. The standard InChI is InChI=1S/C15H16ClNO2S/c1-10(18)12-4-2-3-5-13(12)17-15(19)9-7-11-6-8-14(16)20-11/h2-6,8,10,18H,7,9H2,1H3,(H,17,19). The monoisotopic (exact) mass is 309 g/mol. The molecule has 106 valence electrons. The van der Waals surface area contributed by atoms with Gasteiger partial charge in [0.25, 0.3) is 0 Å². The fourth-order valence-corrected chi connectivity index (χ4v) is 3.00. The van der Waals surface area contributed by atoms with Gasteiger partial charge in [0.2, 0.25) is 5.91 Å². The zero-order valence-electron chi connectivity index (χ0n) is 11.1. The van der Waals surface area contributed by atoms with Crippen molar-refractivity contribution in [3.05, 3.63) is 51.2 Å². The Morgan fingerprint density at radius 3 is 2.75 bits per heavy atom. The molecule has 2 rings (SSSR count). The van der Waals surface area contributed by atoms with Gasteiger partial charge in [0.15, 0.2) is 0 Å². The third kappa shape index (κ3) is 4.07. The van der Waals surface area contributed by atoms with Crippen LogP contribution in [-0.2, 0) is 11.2 Å². The van der Waals surface area contributed by atoms with Gasteiger partial charge >= 0.3 is 0 Å². The van der Waals surface area contributed by atoms with Gasteiger partial charge in [-0.25, -0.2) is 0 Å². The van der Waals surface area contributed by atoms with Crippen molar-refractivity contribution < 1.29 is 9.90 Å². The summed E-state index contributed by atoms with van der Waals surface area (Å²) in [5, 5.41) is 12.5. The molecule has 1 atom stereocenters. The van der Waals surface area contributed by atoms with Crippen molar-refractivity contribution >= 4 is 34.5 Å². The number of benzene rings is 1. The van der Waals surface area contributed by atoms with Gasteiger partial charge in [0.1, 0.15) is 0 Å². The molecule has 0 aliphatic rings. The lowest BCUT2D eigenvalue weighted by molar-refractivity contribution is -0.116. The van der Waals surface area contributed by atoms with Crippen molar-refractivity contribution in [2.45, 2.75) is 25.9 Å². The fourth-order valence-electron chi connectivity index (χ4n) is 1.91. The summed E-state index contributed by atoms with van der Waals surface area (Å²) >= 11 is 7.34. The van der Waals surface area contributed by atoms with E-state index in [1.807, 2.05) is 24.3 Å². The van der Waals surface area contributed by atoms with Gasteiger partial charge in [-0.1, -0.05) is 29.8 Å². The number of hydrogen-bond donors (Lipinski definition) is 2. The molecule has 20 heavy (non-hydrogen) atoms. The Labute approximate surface area is 127 Å². The minimum Gasteiger partial charge on any atom is -0.389 e. The van der Waals surface area contributed by atoms with Crippen molar-refractivity contribution in [3.8, 4) is 0 Å². The zero-order chi connectivity index (χ0) is 14.5. The number of amides is 1. The molecule has 5 heteroatoms. The Morgan fingerprint density at radius 2 is 2.10 bits per heavy atom. The molecule has 1 aromatic carbocycles. The molecule has 0 aliphatic carbocycles. The van der Waals surface area contributed by atoms with E-state index in [2.05, 4.69) is 5.32 Å². The van der Waals surface area contributed by atoms with E-state index < -0.39 is 6.10 Å². The van der Waals surface area contributed by atoms with Crippen molar-refractivity contribution in [3.63, 3.8) is 0 Å². The summed E-state index contributed by atoms with van der Waals surface area (Å²) in [6.07, 6.45) is 0.452. The van der Waals surface area contributed by atoms with E-state index in [0.29, 0.717) is 18.5 Å². The van der Waals surface area contributed by atoms with Gasteiger partial charge in [-0.2, -0.15) is 0 Å². The Kier molecular flexibility index (Phi) is 5.17. The normalized spacial score (nSPS) is 12.2. The maximum Gasteiger partial charge on any atom is 0.224 e. The number of carbonyl (C=O) groups excluding carboxylic acids is 1. The van der Waals surface area contributed by atoms with Crippen LogP contribution in [0.2, 0.25) is 4.34 Å². The van der Waals surface area contributed by atoms with Gasteiger partial charge in [-0.3, -0.25) is 4.79 Å². The Bertz CT molecular complexity index is 595. The molecule has 0 fully saturated rings. The third-order valence-corrected chi connectivity index (χ3v) is 4.20. The van der Waals surface area contributed by atoms with E-state index in [0.717, 1.165) is 14.8 Å². The minimum atomic E-state index is -0.609. The Morgan fingerprint density at radius 1 is 1.35 bits per heavy atom. The number of thiophene rings is 1. The molecular formula is C15H16ClNO2S. The number of nitrogens with one attached hydrogen (secondary N) is 1. The molecule has 0 spiro atoms. The highest BCUT2D eigenvalue weighted by Gasteiger charge is 2.10. The number of aryl methyl sites for hydroxylation is 1. The average Bonchev–Trinajstić information content (AvgIpc) is 2.83. The van der Waals surface area contributed by atoms with Gasteiger partial charge in [-0.05, 0) is 31.5 Å². The van der Waals surface area contributed by atoms with Gasteiger partial charge < -0.3 is 10.4 Å². The molecule has 0 radical (unpaired) electrons. The van der Waals surface area contributed by atoms with Gasteiger partial charge in [-0.15, -0.1) is 11.3 Å². The van der Waals surface area contributed by atoms with Crippen LogP contribution in [0.15, 0.2) is 36.4 Å². The van der Waals surface area contributed by atoms with E-state index in [-0.39, 0.29) is 5.91 Å². The first-order valence-electron chi connectivity index (χ1n) is 6.37. The van der Waals surface area contributed by atoms with Crippen LogP contribution < -0.4 is 5.32 Å². The molecule has 2 aromatic rings. The van der Waals surface area contributed by atoms with E-state index >= 15 is 0 Å². The van der Waals surface area contributed by atoms with Crippen molar-refractivity contribution in [1.82, 2.24) is 0 Å². The van der Waals surface area contributed by atoms with Crippen molar-refractivity contribution in [1.29, 1.82) is 0 Å². The van der Waals surface area contributed by atoms with Crippen LogP contribution in [0.25, 0.3) is 0 Å². The minimum absolute atomic E-state index is 0.0670. The molecule has 1 unspecified atom stereocenters. The smallest absolute Gasteiger partial charge is 0.224 e. The van der Waals surface area contributed by atoms with E-state index in [4.69, 9.17) is 11.6 Å². The Hall–Kier alpha value is -1.36. The molecule has 1 heterocycles. The number of anilines is 1. The molecule has 0 saturated heterocycles. The first-order valence-corrected chi connectivity index (χ1v) is 7.57. The highest BCUT2D eigenvalue weighted by molar-refractivity contribution is 7.16. The lowest BCUT2D eigenvalue weighted by atomic mass is 10.1. The maximum atomic E-state index is 11.9. The second kappa shape index (κ2) is 6.88. The molecule has 3 nitrogen and oxygen atoms in total. The number of hydrogen-bond acceptors (Lipinski definition) is 3. The number of para-hydroxylation sites is 1. The summed E-state index contributed by atoms with van der Waals surface area (Å²) in [4.78, 5) is 13.0.